The van der Waals surface area contributed by atoms with Gasteiger partial charge in [-0.2, -0.15) is 0 Å². The Hall–Kier alpha value is -5.66. The number of fused-ring (bicyclic) bond motifs is 5. The maximum Gasteiger partial charge on any atom is 0.407 e. The van der Waals surface area contributed by atoms with E-state index < -0.39 is 35.3 Å². The number of nitrogens with one attached hydrogen (secondary N) is 4. The number of piperidine rings is 2. The molecule has 0 aromatic heterocycles. The number of anilines is 2. The SMILES string of the molecule is COC(=O)N[C@H](C(=O)N1CC2CCC1(C(=O)Nc1ccc(-c3ccc4cc(NC(=O)C56CCC(CN5C(=O)[C@@H](NC(=O)OC)C(C)C)C6)ccc4c3)cc1)C2)C(C)C. The molecule has 4 N–H and O–H groups in total. The van der Waals surface area contributed by atoms with Crippen LogP contribution in [-0.2, 0) is 28.7 Å². The van der Waals surface area contributed by atoms with E-state index in [9.17, 15) is 28.8 Å². The molecule has 4 bridgehead atoms. The first-order valence-corrected chi connectivity index (χ1v) is 20.3. The van der Waals surface area contributed by atoms with E-state index in [-0.39, 0.29) is 47.3 Å². The molecule has 2 aliphatic heterocycles. The highest BCUT2D eigenvalue weighted by molar-refractivity contribution is 6.04. The predicted octanol–water partition coefficient (Wildman–Crippen LogP) is 5.91. The third-order valence-electron chi connectivity index (χ3n) is 12.8. The molecule has 0 radical (unpaired) electrons. The molecule has 6 amide bonds. The topological polar surface area (TPSA) is 175 Å². The molecular formula is C44H54N6O8. The molecule has 6 atom stereocenters. The van der Waals surface area contributed by atoms with Gasteiger partial charge in [0.05, 0.1) is 14.2 Å². The second-order valence-electron chi connectivity index (χ2n) is 17.2. The Labute approximate surface area is 338 Å². The smallest absolute Gasteiger partial charge is 0.407 e. The zero-order valence-electron chi connectivity index (χ0n) is 34.1. The molecule has 2 saturated heterocycles. The Bertz CT molecular complexity index is 2120. The molecule has 7 rings (SSSR count). The number of rotatable bonds is 11. The quantitative estimate of drug-likeness (QED) is 0.185. The number of carbonyl (C=O) groups is 6. The third kappa shape index (κ3) is 7.44. The molecule has 14 heteroatoms. The summed E-state index contributed by atoms with van der Waals surface area (Å²) >= 11 is 0. The maximum atomic E-state index is 14.0. The van der Waals surface area contributed by atoms with Crippen LogP contribution in [0.3, 0.4) is 0 Å². The third-order valence-corrected chi connectivity index (χ3v) is 12.8. The van der Waals surface area contributed by atoms with Crippen molar-refractivity contribution < 1.29 is 38.2 Å². The van der Waals surface area contributed by atoms with Crippen molar-refractivity contribution in [2.45, 2.75) is 89.4 Å². The predicted molar refractivity (Wildman–Crippen MR) is 219 cm³/mol. The highest BCUT2D eigenvalue weighted by atomic mass is 16.5. The summed E-state index contributed by atoms with van der Waals surface area (Å²) in [6.07, 6.45) is 2.65. The van der Waals surface area contributed by atoms with Crippen molar-refractivity contribution in [1.29, 1.82) is 0 Å². The van der Waals surface area contributed by atoms with Crippen LogP contribution >= 0.6 is 0 Å². The highest BCUT2D eigenvalue weighted by Crippen LogP contribution is 2.49. The summed E-state index contributed by atoms with van der Waals surface area (Å²) < 4.78 is 9.52. The first kappa shape index (κ1) is 40.5. The number of alkyl carbamates (subject to hydrolysis) is 2. The standard InChI is InChI=1S/C44H54N6O8/c1-25(2)35(47-41(55)57-5)37(51)49-23-27-15-17-43(49,21-27)39(53)45-33-12-9-29(10-13-33)30-7-8-32-20-34(14-11-31(32)19-30)46-40(54)44-18-16-28(22-44)24-50(44)38(52)36(26(3)4)48-42(56)58-6/h7-14,19-20,25-28,35-36H,15-18,21-24H2,1-6H3,(H,45,53)(H,46,54)(H,47,55)(H,48,56)/t27?,28?,35-,36-,43?,44?/m0/s1. The van der Waals surface area contributed by atoms with Crippen LogP contribution in [0, 0.1) is 23.7 Å². The lowest BCUT2D eigenvalue weighted by Crippen LogP contribution is -2.61. The molecule has 2 saturated carbocycles. The van der Waals surface area contributed by atoms with Gasteiger partial charge in [0.1, 0.15) is 23.2 Å². The molecule has 4 fully saturated rings. The van der Waals surface area contributed by atoms with E-state index in [1.165, 1.54) is 14.2 Å². The Morgan fingerprint density at radius 3 is 1.50 bits per heavy atom. The van der Waals surface area contributed by atoms with Crippen LogP contribution < -0.4 is 21.3 Å². The first-order valence-electron chi connectivity index (χ1n) is 20.3. The summed E-state index contributed by atoms with van der Waals surface area (Å²) in [5.74, 6) is -0.928. The zero-order valence-corrected chi connectivity index (χ0v) is 34.1. The van der Waals surface area contributed by atoms with Crippen molar-refractivity contribution in [2.75, 3.05) is 37.9 Å². The summed E-state index contributed by atoms with van der Waals surface area (Å²) in [4.78, 5) is 83.0. The van der Waals surface area contributed by atoms with Crippen LogP contribution in [0.4, 0.5) is 21.0 Å². The van der Waals surface area contributed by atoms with Crippen molar-refractivity contribution in [1.82, 2.24) is 20.4 Å². The monoisotopic (exact) mass is 794 g/mol. The lowest BCUT2D eigenvalue weighted by Gasteiger charge is -2.40. The Morgan fingerprint density at radius 1 is 0.603 bits per heavy atom. The van der Waals surface area contributed by atoms with Crippen molar-refractivity contribution in [3.8, 4) is 11.1 Å². The average molecular weight is 795 g/mol. The molecule has 4 unspecified atom stereocenters. The minimum absolute atomic E-state index is 0.194. The first-order chi connectivity index (χ1) is 27.7. The molecule has 2 aliphatic carbocycles. The van der Waals surface area contributed by atoms with Crippen molar-refractivity contribution in [2.24, 2.45) is 23.7 Å². The van der Waals surface area contributed by atoms with E-state index in [4.69, 9.17) is 9.47 Å². The number of carbonyl (C=O) groups excluding carboxylic acids is 6. The van der Waals surface area contributed by atoms with E-state index in [1.807, 2.05) is 82.3 Å². The number of methoxy groups -OCH3 is 2. The van der Waals surface area contributed by atoms with Crippen molar-refractivity contribution >= 4 is 58.0 Å². The van der Waals surface area contributed by atoms with E-state index >= 15 is 0 Å². The van der Waals surface area contributed by atoms with Crippen LogP contribution in [0.15, 0.2) is 60.7 Å². The van der Waals surface area contributed by atoms with Gasteiger partial charge in [-0.1, -0.05) is 58.0 Å². The van der Waals surface area contributed by atoms with Crippen LogP contribution in [0.2, 0.25) is 0 Å². The van der Waals surface area contributed by atoms with Gasteiger partial charge < -0.3 is 40.5 Å². The second kappa shape index (κ2) is 15.9. The van der Waals surface area contributed by atoms with Gasteiger partial charge in [-0.3, -0.25) is 19.2 Å². The van der Waals surface area contributed by atoms with Crippen LogP contribution in [0.1, 0.15) is 66.2 Å². The number of likely N-dealkylation sites (tertiary alicyclic amines) is 2. The molecule has 308 valence electrons. The molecule has 0 spiro atoms. The summed E-state index contributed by atoms with van der Waals surface area (Å²) in [6.45, 7) is 8.37. The van der Waals surface area contributed by atoms with Gasteiger partial charge in [0.25, 0.3) is 0 Å². The van der Waals surface area contributed by atoms with E-state index in [0.29, 0.717) is 50.1 Å². The van der Waals surface area contributed by atoms with Crippen LogP contribution in [-0.4, -0.2) is 96.1 Å². The molecule has 3 aromatic rings. The Kier molecular flexibility index (Phi) is 11.1. The van der Waals surface area contributed by atoms with Crippen molar-refractivity contribution in [3.63, 3.8) is 0 Å². The van der Waals surface area contributed by atoms with Crippen LogP contribution in [0.25, 0.3) is 21.9 Å². The summed E-state index contributed by atoms with van der Waals surface area (Å²) in [7, 11) is 2.51. The minimum atomic E-state index is -0.982. The number of hydrogen-bond acceptors (Lipinski definition) is 8. The number of nitrogens with zero attached hydrogens (tertiary/aromatic N) is 2. The minimum Gasteiger partial charge on any atom is -0.453 e. The number of hydrogen-bond donors (Lipinski definition) is 4. The Morgan fingerprint density at radius 2 is 1.03 bits per heavy atom. The Balaban J connectivity index is 1.02. The highest BCUT2D eigenvalue weighted by Gasteiger charge is 2.59. The molecule has 4 aliphatic rings. The van der Waals surface area contributed by atoms with Gasteiger partial charge in [0, 0.05) is 24.5 Å². The zero-order chi connectivity index (χ0) is 41.5. The van der Waals surface area contributed by atoms with Crippen molar-refractivity contribution in [3.05, 3.63) is 60.7 Å². The summed E-state index contributed by atoms with van der Waals surface area (Å²) in [5.41, 5.74) is 1.21. The summed E-state index contributed by atoms with van der Waals surface area (Å²) in [5, 5.41) is 13.4. The summed E-state index contributed by atoms with van der Waals surface area (Å²) in [6, 6.07) is 17.8. The van der Waals surface area contributed by atoms with E-state index in [0.717, 1.165) is 34.7 Å². The van der Waals surface area contributed by atoms with Gasteiger partial charge in [-0.05, 0) is 114 Å². The normalized spacial score (nSPS) is 24.1. The molecule has 14 nitrogen and oxygen atoms in total. The number of amides is 6. The number of benzene rings is 3. The lowest BCUT2D eigenvalue weighted by molar-refractivity contribution is -0.146. The number of ether oxygens (including phenoxy) is 2. The fraction of sp³-hybridized carbons (Fsp3) is 0.500. The second-order valence-corrected chi connectivity index (χ2v) is 17.2. The van der Waals surface area contributed by atoms with Gasteiger partial charge in [-0.25, -0.2) is 9.59 Å². The van der Waals surface area contributed by atoms with E-state index in [1.54, 1.807) is 9.80 Å². The fourth-order valence-corrected chi connectivity index (χ4v) is 9.66. The molecule has 2 heterocycles. The van der Waals surface area contributed by atoms with Crippen LogP contribution in [0.5, 0.6) is 0 Å². The maximum absolute atomic E-state index is 14.0. The molecule has 3 aromatic carbocycles. The van der Waals surface area contributed by atoms with Gasteiger partial charge in [0.2, 0.25) is 23.6 Å². The largest absolute Gasteiger partial charge is 0.453 e. The average Bonchev–Trinajstić information content (AvgIpc) is 4.02. The van der Waals surface area contributed by atoms with E-state index in [2.05, 4.69) is 27.3 Å². The van der Waals surface area contributed by atoms with Gasteiger partial charge in [-0.15, -0.1) is 0 Å². The molecule has 58 heavy (non-hydrogen) atoms. The molecular weight excluding hydrogens is 741 g/mol. The van der Waals surface area contributed by atoms with Gasteiger partial charge >= 0.3 is 12.2 Å². The lowest BCUT2D eigenvalue weighted by atomic mass is 9.92. The fourth-order valence-electron chi connectivity index (χ4n) is 9.66. The van der Waals surface area contributed by atoms with Gasteiger partial charge in [0.15, 0.2) is 0 Å².